The Morgan fingerprint density at radius 3 is 2.69 bits per heavy atom. The van der Waals surface area contributed by atoms with Gasteiger partial charge in [-0.25, -0.2) is 9.78 Å². The molecule has 3 rings (SSSR count). The summed E-state index contributed by atoms with van der Waals surface area (Å²) in [5.41, 5.74) is 0.348. The van der Waals surface area contributed by atoms with Crippen molar-refractivity contribution in [3.63, 3.8) is 0 Å². The van der Waals surface area contributed by atoms with E-state index in [1.165, 1.54) is 12.4 Å². The van der Waals surface area contributed by atoms with Crippen LogP contribution in [0.15, 0.2) is 47.5 Å². The molecule has 0 N–H and O–H groups in total. The van der Waals surface area contributed by atoms with Crippen LogP contribution in [0.4, 0.5) is 4.79 Å². The van der Waals surface area contributed by atoms with E-state index in [0.717, 1.165) is 18.4 Å². The first-order valence-corrected chi connectivity index (χ1v) is 10.0. The van der Waals surface area contributed by atoms with Crippen molar-refractivity contribution >= 4 is 6.09 Å². The lowest BCUT2D eigenvalue weighted by Crippen LogP contribution is -2.44. The third kappa shape index (κ3) is 6.34. The highest BCUT2D eigenvalue weighted by Crippen LogP contribution is 2.20. The van der Waals surface area contributed by atoms with Crippen molar-refractivity contribution < 1.29 is 14.3 Å². The number of benzene rings is 1. The monoisotopic (exact) mass is 399 g/mol. The van der Waals surface area contributed by atoms with E-state index in [0.29, 0.717) is 32.1 Å². The minimum atomic E-state index is -0.513. The number of rotatable bonds is 5. The van der Waals surface area contributed by atoms with E-state index in [9.17, 15) is 9.59 Å². The first-order chi connectivity index (χ1) is 13.8. The van der Waals surface area contributed by atoms with Crippen LogP contribution >= 0.6 is 0 Å². The van der Waals surface area contributed by atoms with Gasteiger partial charge in [-0.1, -0.05) is 30.3 Å². The fraction of sp³-hybridized carbons (Fsp3) is 0.500. The maximum Gasteiger partial charge on any atom is 0.410 e. The second kappa shape index (κ2) is 9.11. The summed E-state index contributed by atoms with van der Waals surface area (Å²) >= 11 is 0. The second-order valence-corrected chi connectivity index (χ2v) is 8.43. The van der Waals surface area contributed by atoms with Crippen LogP contribution < -0.4 is 10.3 Å². The van der Waals surface area contributed by atoms with Gasteiger partial charge >= 0.3 is 6.09 Å². The predicted molar refractivity (Wildman–Crippen MR) is 110 cm³/mol. The van der Waals surface area contributed by atoms with Gasteiger partial charge in [-0.15, -0.1) is 0 Å². The fourth-order valence-corrected chi connectivity index (χ4v) is 3.34. The van der Waals surface area contributed by atoms with Crippen molar-refractivity contribution in [1.82, 2.24) is 14.5 Å². The second-order valence-electron chi connectivity index (χ2n) is 8.43. The summed E-state index contributed by atoms with van der Waals surface area (Å²) in [5.74, 6) is 0.501. The van der Waals surface area contributed by atoms with Crippen molar-refractivity contribution in [2.24, 2.45) is 5.92 Å². The van der Waals surface area contributed by atoms with Crippen LogP contribution in [0.5, 0.6) is 5.88 Å². The van der Waals surface area contributed by atoms with Crippen LogP contribution in [0.1, 0.15) is 39.2 Å². The smallest absolute Gasteiger partial charge is 0.410 e. The zero-order chi connectivity index (χ0) is 20.9. The van der Waals surface area contributed by atoms with Crippen molar-refractivity contribution in [3.8, 4) is 5.88 Å². The molecule has 2 aromatic rings. The van der Waals surface area contributed by atoms with E-state index in [1.807, 2.05) is 51.1 Å². The summed E-state index contributed by atoms with van der Waals surface area (Å²) in [7, 11) is 0. The molecule has 7 heteroatoms. The molecule has 1 saturated heterocycles. The Morgan fingerprint density at radius 1 is 1.24 bits per heavy atom. The number of carbonyl (C=O) groups is 1. The van der Waals surface area contributed by atoms with Crippen LogP contribution in [0.25, 0.3) is 0 Å². The molecule has 1 aliphatic rings. The average molecular weight is 399 g/mol. The number of amides is 1. The third-order valence-electron chi connectivity index (χ3n) is 4.71. The quantitative estimate of drug-likeness (QED) is 0.770. The Balaban J connectivity index is 1.57. The van der Waals surface area contributed by atoms with E-state index >= 15 is 0 Å². The highest BCUT2D eigenvalue weighted by molar-refractivity contribution is 5.68. The molecule has 1 atom stereocenters. The van der Waals surface area contributed by atoms with Crippen molar-refractivity contribution in [1.29, 1.82) is 0 Å². The molecular weight excluding hydrogens is 370 g/mol. The molecule has 0 bridgehead atoms. The fourth-order valence-electron chi connectivity index (χ4n) is 3.34. The number of hydrogen-bond donors (Lipinski definition) is 0. The highest BCUT2D eigenvalue weighted by atomic mass is 16.6. The summed E-state index contributed by atoms with van der Waals surface area (Å²) in [6, 6.07) is 11.2. The number of carbonyl (C=O) groups excluding carboxylic acids is 1. The Labute approximate surface area is 171 Å². The largest absolute Gasteiger partial charge is 0.473 e. The Kier molecular flexibility index (Phi) is 6.56. The molecule has 1 unspecified atom stereocenters. The molecular formula is C22H29N3O4. The lowest BCUT2D eigenvalue weighted by molar-refractivity contribution is 0.0156. The van der Waals surface area contributed by atoms with E-state index in [4.69, 9.17) is 9.47 Å². The molecule has 1 aliphatic heterocycles. The average Bonchev–Trinajstić information content (AvgIpc) is 2.68. The van der Waals surface area contributed by atoms with Gasteiger partial charge in [0.05, 0.1) is 6.07 Å². The van der Waals surface area contributed by atoms with Gasteiger partial charge in [-0.3, -0.25) is 9.36 Å². The van der Waals surface area contributed by atoms with Crippen LogP contribution in [0.3, 0.4) is 0 Å². The maximum absolute atomic E-state index is 12.5. The molecule has 1 fully saturated rings. The predicted octanol–water partition coefficient (Wildman–Crippen LogP) is 3.47. The molecule has 1 aromatic heterocycles. The van der Waals surface area contributed by atoms with E-state index in [1.54, 1.807) is 9.47 Å². The standard InChI is InChI=1S/C22H29N3O4/c1-22(2,3)29-21(27)24-11-7-10-18(13-24)14-25-16-23-19(12-20(25)26)28-15-17-8-5-4-6-9-17/h4-6,8-9,12,16,18H,7,10-11,13-15H2,1-3H3. The SMILES string of the molecule is CC(C)(C)OC(=O)N1CCCC(Cn2cnc(OCc3ccccc3)cc2=O)C1. The molecule has 156 valence electrons. The highest BCUT2D eigenvalue weighted by Gasteiger charge is 2.28. The van der Waals surface area contributed by atoms with Gasteiger partial charge in [0.25, 0.3) is 5.56 Å². The van der Waals surface area contributed by atoms with E-state index < -0.39 is 5.60 Å². The van der Waals surface area contributed by atoms with E-state index in [2.05, 4.69) is 4.98 Å². The van der Waals surface area contributed by atoms with Gasteiger partial charge in [0, 0.05) is 19.6 Å². The first kappa shape index (κ1) is 20.9. The minimum Gasteiger partial charge on any atom is -0.473 e. The minimum absolute atomic E-state index is 0.155. The molecule has 0 aliphatic carbocycles. The van der Waals surface area contributed by atoms with Crippen molar-refractivity contribution in [2.45, 2.75) is 52.4 Å². The molecule has 7 nitrogen and oxygen atoms in total. The van der Waals surface area contributed by atoms with Gasteiger partial charge in [-0.2, -0.15) is 0 Å². The molecule has 0 saturated carbocycles. The molecule has 0 radical (unpaired) electrons. The number of likely N-dealkylation sites (tertiary alicyclic amines) is 1. The lowest BCUT2D eigenvalue weighted by atomic mass is 9.98. The van der Waals surface area contributed by atoms with Gasteiger partial charge in [0.1, 0.15) is 18.5 Å². The van der Waals surface area contributed by atoms with Gasteiger partial charge in [-0.05, 0) is 45.1 Å². The Bertz CT molecular complexity index is 874. The molecule has 0 spiro atoms. The number of ether oxygens (including phenoxy) is 2. The number of nitrogens with zero attached hydrogens (tertiary/aromatic N) is 3. The number of aromatic nitrogens is 2. The summed E-state index contributed by atoms with van der Waals surface area (Å²) in [5, 5.41) is 0. The number of hydrogen-bond acceptors (Lipinski definition) is 5. The van der Waals surface area contributed by atoms with Gasteiger partial charge < -0.3 is 14.4 Å². The Hall–Kier alpha value is -2.83. The topological polar surface area (TPSA) is 73.7 Å². The normalized spacial score (nSPS) is 17.1. The molecule has 29 heavy (non-hydrogen) atoms. The first-order valence-electron chi connectivity index (χ1n) is 10.0. The van der Waals surface area contributed by atoms with Crippen LogP contribution in [-0.4, -0.2) is 39.2 Å². The Morgan fingerprint density at radius 2 is 2.00 bits per heavy atom. The third-order valence-corrected chi connectivity index (χ3v) is 4.71. The lowest BCUT2D eigenvalue weighted by Gasteiger charge is -2.34. The van der Waals surface area contributed by atoms with E-state index in [-0.39, 0.29) is 17.6 Å². The summed E-state index contributed by atoms with van der Waals surface area (Å²) < 4.78 is 12.7. The zero-order valence-electron chi connectivity index (χ0n) is 17.3. The van der Waals surface area contributed by atoms with Crippen LogP contribution in [0.2, 0.25) is 0 Å². The molecule has 1 amide bonds. The van der Waals surface area contributed by atoms with Crippen molar-refractivity contribution in [3.05, 3.63) is 58.6 Å². The zero-order valence-corrected chi connectivity index (χ0v) is 17.3. The van der Waals surface area contributed by atoms with Crippen molar-refractivity contribution in [2.75, 3.05) is 13.1 Å². The summed E-state index contributed by atoms with van der Waals surface area (Å²) in [4.78, 5) is 30.8. The number of piperidine rings is 1. The summed E-state index contributed by atoms with van der Waals surface area (Å²) in [6.45, 7) is 7.73. The summed E-state index contributed by atoms with van der Waals surface area (Å²) in [6.07, 6.45) is 3.08. The van der Waals surface area contributed by atoms with Gasteiger partial charge in [0.2, 0.25) is 5.88 Å². The molecule has 1 aromatic carbocycles. The van der Waals surface area contributed by atoms with Gasteiger partial charge in [0.15, 0.2) is 0 Å². The maximum atomic E-state index is 12.5. The van der Waals surface area contributed by atoms with Crippen LogP contribution in [0, 0.1) is 5.92 Å². The molecule has 2 heterocycles. The van der Waals surface area contributed by atoms with Crippen LogP contribution in [-0.2, 0) is 17.9 Å².